The fourth-order valence-electron chi connectivity index (χ4n) is 2.44. The van der Waals surface area contributed by atoms with Gasteiger partial charge in [-0.3, -0.25) is 0 Å². The van der Waals surface area contributed by atoms with Crippen LogP contribution in [0, 0.1) is 13.1 Å². The predicted molar refractivity (Wildman–Crippen MR) is 66.6 cm³/mol. The average Bonchev–Trinajstić information content (AvgIpc) is 2.72. The minimum Gasteiger partial charge on any atom is -0.305 e. The third-order valence-corrected chi connectivity index (χ3v) is 3.15. The maximum absolute atomic E-state index is 7.36. The Morgan fingerprint density at radius 3 is 2.41 bits per heavy atom. The van der Waals surface area contributed by atoms with Crippen molar-refractivity contribution >= 4 is 5.69 Å². The van der Waals surface area contributed by atoms with Gasteiger partial charge in [0.15, 0.2) is 5.69 Å². The van der Waals surface area contributed by atoms with Gasteiger partial charge >= 0.3 is 0 Å². The molecule has 0 N–H and O–H groups in total. The molecule has 1 atom stereocenters. The second-order valence-electron chi connectivity index (χ2n) is 3.97. The van der Waals surface area contributed by atoms with Gasteiger partial charge in [-0.05, 0) is 11.1 Å². The maximum atomic E-state index is 7.36. The fraction of sp³-hybridized carbons (Fsp3) is 0.0667. The van der Waals surface area contributed by atoms with Gasteiger partial charge in [0.2, 0.25) is 0 Å². The SMILES string of the molecule is [C-]#[N+]c1cccc2c1C([N+]#[C-])c1ccccc1-2. The summed E-state index contributed by atoms with van der Waals surface area (Å²) in [6.07, 6.45) is 0. The molecule has 0 amide bonds. The third-order valence-electron chi connectivity index (χ3n) is 3.15. The first-order chi connectivity index (χ1) is 8.36. The van der Waals surface area contributed by atoms with Crippen LogP contribution in [-0.2, 0) is 0 Å². The lowest BCUT2D eigenvalue weighted by Crippen LogP contribution is -1.89. The van der Waals surface area contributed by atoms with Crippen LogP contribution in [0.1, 0.15) is 17.2 Å². The molecule has 0 aromatic heterocycles. The molecule has 0 aliphatic heterocycles. The largest absolute Gasteiger partial charge is 0.305 e. The molecule has 1 aliphatic rings. The highest BCUT2D eigenvalue weighted by molar-refractivity contribution is 5.84. The van der Waals surface area contributed by atoms with Crippen LogP contribution in [0.5, 0.6) is 0 Å². The molecule has 0 bridgehead atoms. The molecule has 1 unspecified atom stereocenters. The molecule has 17 heavy (non-hydrogen) atoms. The highest BCUT2D eigenvalue weighted by Gasteiger charge is 2.34. The molecule has 0 fully saturated rings. The molecule has 0 saturated heterocycles. The van der Waals surface area contributed by atoms with Gasteiger partial charge in [0.1, 0.15) is 0 Å². The van der Waals surface area contributed by atoms with Crippen molar-refractivity contribution in [2.45, 2.75) is 6.04 Å². The number of benzene rings is 2. The van der Waals surface area contributed by atoms with Crippen molar-refractivity contribution < 1.29 is 0 Å². The quantitative estimate of drug-likeness (QED) is 0.583. The van der Waals surface area contributed by atoms with E-state index in [4.69, 9.17) is 13.1 Å². The second kappa shape index (κ2) is 3.47. The lowest BCUT2D eigenvalue weighted by atomic mass is 10.0. The van der Waals surface area contributed by atoms with E-state index in [1.54, 1.807) is 6.07 Å². The molecule has 78 valence electrons. The van der Waals surface area contributed by atoms with Crippen molar-refractivity contribution in [2.24, 2.45) is 0 Å². The normalized spacial score (nSPS) is 15.5. The zero-order valence-electron chi connectivity index (χ0n) is 9.01. The summed E-state index contributed by atoms with van der Waals surface area (Å²) in [6.45, 7) is 14.6. The summed E-state index contributed by atoms with van der Waals surface area (Å²) in [5.74, 6) is 0. The minimum atomic E-state index is -0.313. The Kier molecular flexibility index (Phi) is 1.97. The van der Waals surface area contributed by atoms with Gasteiger partial charge in [-0.2, -0.15) is 0 Å². The van der Waals surface area contributed by atoms with E-state index in [1.165, 1.54) is 0 Å². The smallest absolute Gasteiger partial charge is 0.266 e. The third kappa shape index (κ3) is 1.19. The first-order valence-corrected chi connectivity index (χ1v) is 5.33. The van der Waals surface area contributed by atoms with Crippen LogP contribution >= 0.6 is 0 Å². The van der Waals surface area contributed by atoms with E-state index < -0.39 is 0 Å². The molecule has 3 rings (SSSR count). The number of nitrogens with zero attached hydrogens (tertiary/aromatic N) is 2. The standard InChI is InChI=1S/C15H8N2/c1-16-13-9-5-8-11-10-6-3-4-7-12(10)15(17-2)14(11)13/h3-9,15H. The molecule has 2 aromatic carbocycles. The average molecular weight is 216 g/mol. The molecular formula is C15H8N2. The Morgan fingerprint density at radius 1 is 0.882 bits per heavy atom. The molecule has 2 aromatic rings. The zero-order valence-corrected chi connectivity index (χ0v) is 9.01. The minimum absolute atomic E-state index is 0.313. The lowest BCUT2D eigenvalue weighted by molar-refractivity contribution is 1.07. The molecular weight excluding hydrogens is 208 g/mol. The van der Waals surface area contributed by atoms with Gasteiger partial charge in [-0.25, -0.2) is 11.4 Å². The van der Waals surface area contributed by atoms with Crippen molar-refractivity contribution in [3.05, 3.63) is 76.4 Å². The lowest BCUT2D eigenvalue weighted by Gasteiger charge is -2.01. The van der Waals surface area contributed by atoms with E-state index in [1.807, 2.05) is 36.4 Å². The summed E-state index contributed by atoms with van der Waals surface area (Å²) in [4.78, 5) is 7.22. The number of hydrogen-bond donors (Lipinski definition) is 0. The topological polar surface area (TPSA) is 8.72 Å². The first kappa shape index (κ1) is 9.63. The van der Waals surface area contributed by atoms with Gasteiger partial charge in [-0.1, -0.05) is 42.5 Å². The van der Waals surface area contributed by atoms with Crippen LogP contribution in [0.25, 0.3) is 20.8 Å². The summed E-state index contributed by atoms with van der Waals surface area (Å²) in [5.41, 5.74) is 4.62. The fourth-order valence-corrected chi connectivity index (χ4v) is 2.44. The molecule has 0 saturated carbocycles. The van der Waals surface area contributed by atoms with Crippen LogP contribution < -0.4 is 0 Å². The van der Waals surface area contributed by atoms with E-state index in [2.05, 4.69) is 9.69 Å². The summed E-state index contributed by atoms with van der Waals surface area (Å²) >= 11 is 0. The molecule has 0 heterocycles. The van der Waals surface area contributed by atoms with Crippen LogP contribution in [0.4, 0.5) is 5.69 Å². The van der Waals surface area contributed by atoms with E-state index >= 15 is 0 Å². The summed E-state index contributed by atoms with van der Waals surface area (Å²) in [5, 5.41) is 0. The van der Waals surface area contributed by atoms with Crippen LogP contribution in [0.15, 0.2) is 42.5 Å². The monoisotopic (exact) mass is 216 g/mol. The molecule has 1 aliphatic carbocycles. The van der Waals surface area contributed by atoms with Gasteiger partial charge in [0.05, 0.1) is 12.1 Å². The Bertz CT molecular complexity index is 687. The van der Waals surface area contributed by atoms with Crippen molar-refractivity contribution in [1.29, 1.82) is 0 Å². The Labute approximate surface area is 99.8 Å². The highest BCUT2D eigenvalue weighted by atomic mass is 14.8. The van der Waals surface area contributed by atoms with E-state index in [0.717, 1.165) is 22.3 Å². The molecule has 0 radical (unpaired) electrons. The Morgan fingerprint density at radius 2 is 1.65 bits per heavy atom. The van der Waals surface area contributed by atoms with E-state index in [-0.39, 0.29) is 6.04 Å². The molecule has 2 nitrogen and oxygen atoms in total. The maximum Gasteiger partial charge on any atom is 0.266 e. The number of fused-ring (bicyclic) bond motifs is 3. The van der Waals surface area contributed by atoms with Gasteiger partial charge in [-0.15, -0.1) is 0 Å². The highest BCUT2D eigenvalue weighted by Crippen LogP contribution is 2.49. The number of rotatable bonds is 0. The van der Waals surface area contributed by atoms with Crippen molar-refractivity contribution in [2.75, 3.05) is 0 Å². The summed E-state index contributed by atoms with van der Waals surface area (Å²) < 4.78 is 0. The predicted octanol–water partition coefficient (Wildman–Crippen LogP) is 4.23. The van der Waals surface area contributed by atoms with Crippen LogP contribution in [0.2, 0.25) is 0 Å². The van der Waals surface area contributed by atoms with Gasteiger partial charge in [0.25, 0.3) is 6.04 Å². The van der Waals surface area contributed by atoms with Gasteiger partial charge in [0, 0.05) is 5.56 Å². The second-order valence-corrected chi connectivity index (χ2v) is 3.97. The van der Waals surface area contributed by atoms with Crippen molar-refractivity contribution in [3.63, 3.8) is 0 Å². The van der Waals surface area contributed by atoms with Crippen molar-refractivity contribution in [1.82, 2.24) is 0 Å². The van der Waals surface area contributed by atoms with Gasteiger partial charge < -0.3 is 4.85 Å². The summed E-state index contributed by atoms with van der Waals surface area (Å²) in [6, 6.07) is 13.3. The summed E-state index contributed by atoms with van der Waals surface area (Å²) in [7, 11) is 0. The zero-order chi connectivity index (χ0) is 11.8. The first-order valence-electron chi connectivity index (χ1n) is 5.33. The van der Waals surface area contributed by atoms with Crippen LogP contribution in [0.3, 0.4) is 0 Å². The Balaban J connectivity index is 2.41. The van der Waals surface area contributed by atoms with E-state index in [9.17, 15) is 0 Å². The van der Waals surface area contributed by atoms with E-state index in [0.29, 0.717) is 5.69 Å². The van der Waals surface area contributed by atoms with Crippen molar-refractivity contribution in [3.8, 4) is 11.1 Å². The van der Waals surface area contributed by atoms with Crippen LogP contribution in [-0.4, -0.2) is 0 Å². The Hall–Kier alpha value is -2.58. The molecule has 2 heteroatoms. The number of hydrogen-bond acceptors (Lipinski definition) is 0. The molecule has 0 spiro atoms.